The molecule has 24 heavy (non-hydrogen) atoms. The van der Waals surface area contributed by atoms with Crippen molar-refractivity contribution >= 4 is 17.3 Å². The molecule has 1 unspecified atom stereocenters. The number of aromatic nitrogens is 2. The number of ether oxygens (including phenoxy) is 1. The monoisotopic (exact) mass is 348 g/mol. The van der Waals surface area contributed by atoms with Gasteiger partial charge in [0.15, 0.2) is 0 Å². The summed E-state index contributed by atoms with van der Waals surface area (Å²) in [4.78, 5) is 2.43. The number of nitrogens with zero attached hydrogens (tertiary/aromatic N) is 3. The number of hydrogen-bond acceptors (Lipinski definition) is 4. The van der Waals surface area contributed by atoms with Crippen LogP contribution in [0.5, 0.6) is 5.88 Å². The van der Waals surface area contributed by atoms with Gasteiger partial charge < -0.3 is 15.0 Å². The second-order valence-electron chi connectivity index (χ2n) is 6.40. The molecule has 1 aromatic heterocycles. The van der Waals surface area contributed by atoms with Crippen LogP contribution >= 0.6 is 11.6 Å². The average molecular weight is 349 g/mol. The molecule has 1 N–H and O–H groups in total. The first-order valence-electron chi connectivity index (χ1n) is 8.36. The molecule has 1 atom stereocenters. The lowest BCUT2D eigenvalue weighted by Crippen LogP contribution is -2.26. The molecule has 3 rings (SSSR count). The number of nitrogens with one attached hydrogen (secondary N) is 1. The first-order valence-corrected chi connectivity index (χ1v) is 8.74. The van der Waals surface area contributed by atoms with Gasteiger partial charge in [-0.1, -0.05) is 11.6 Å². The minimum Gasteiger partial charge on any atom is -0.481 e. The highest BCUT2D eigenvalue weighted by Crippen LogP contribution is 2.25. The lowest BCUT2D eigenvalue weighted by molar-refractivity contribution is 0.367. The summed E-state index contributed by atoms with van der Waals surface area (Å²) in [6, 6.07) is 8.11. The van der Waals surface area contributed by atoms with E-state index >= 15 is 0 Å². The van der Waals surface area contributed by atoms with Crippen LogP contribution in [-0.4, -0.2) is 36.5 Å². The van der Waals surface area contributed by atoms with Crippen LogP contribution in [0.4, 0.5) is 5.69 Å². The molecule has 2 heterocycles. The quantitative estimate of drug-likeness (QED) is 0.871. The van der Waals surface area contributed by atoms with Crippen molar-refractivity contribution in [2.75, 3.05) is 31.6 Å². The molecular weight excluding hydrogens is 324 g/mol. The third kappa shape index (κ3) is 3.68. The van der Waals surface area contributed by atoms with Gasteiger partial charge in [-0.2, -0.15) is 5.10 Å². The van der Waals surface area contributed by atoms with E-state index in [2.05, 4.69) is 27.4 Å². The maximum atomic E-state index is 5.97. The summed E-state index contributed by atoms with van der Waals surface area (Å²) < 4.78 is 7.24. The van der Waals surface area contributed by atoms with Crippen molar-refractivity contribution in [2.45, 2.75) is 19.9 Å². The van der Waals surface area contributed by atoms with E-state index < -0.39 is 0 Å². The second kappa shape index (κ2) is 7.45. The highest BCUT2D eigenvalue weighted by atomic mass is 35.5. The van der Waals surface area contributed by atoms with E-state index in [1.807, 2.05) is 26.1 Å². The normalized spacial score (nSPS) is 17.5. The van der Waals surface area contributed by atoms with E-state index in [1.165, 1.54) is 12.1 Å². The first-order chi connectivity index (χ1) is 11.6. The van der Waals surface area contributed by atoms with Crippen LogP contribution in [0.3, 0.4) is 0 Å². The summed E-state index contributed by atoms with van der Waals surface area (Å²) in [7, 11) is 3.61. The predicted molar refractivity (Wildman–Crippen MR) is 98.0 cm³/mol. The van der Waals surface area contributed by atoms with Crippen molar-refractivity contribution in [3.05, 3.63) is 40.5 Å². The highest BCUT2D eigenvalue weighted by Gasteiger charge is 2.23. The van der Waals surface area contributed by atoms with Crippen molar-refractivity contribution in [2.24, 2.45) is 13.0 Å². The van der Waals surface area contributed by atoms with Gasteiger partial charge in [-0.15, -0.1) is 0 Å². The smallest absolute Gasteiger partial charge is 0.216 e. The van der Waals surface area contributed by atoms with Crippen LogP contribution in [-0.2, 0) is 13.6 Å². The van der Waals surface area contributed by atoms with Gasteiger partial charge in [-0.3, -0.25) is 0 Å². The van der Waals surface area contributed by atoms with Crippen LogP contribution in [0.1, 0.15) is 17.7 Å². The van der Waals surface area contributed by atoms with Crippen molar-refractivity contribution in [3.8, 4) is 5.88 Å². The Hall–Kier alpha value is -1.72. The molecule has 1 aliphatic rings. The molecule has 1 saturated heterocycles. The van der Waals surface area contributed by atoms with Gasteiger partial charge in [0.05, 0.1) is 18.4 Å². The minimum atomic E-state index is 0.656. The van der Waals surface area contributed by atoms with E-state index in [0.717, 1.165) is 48.3 Å². The molecule has 0 spiro atoms. The van der Waals surface area contributed by atoms with Crippen molar-refractivity contribution < 1.29 is 4.74 Å². The topological polar surface area (TPSA) is 42.3 Å². The number of anilines is 1. The average Bonchev–Trinajstić information content (AvgIpc) is 3.13. The number of aryl methyl sites for hydroxylation is 2. The third-order valence-corrected chi connectivity index (χ3v) is 4.95. The molecule has 130 valence electrons. The predicted octanol–water partition coefficient (Wildman–Crippen LogP) is 3.01. The van der Waals surface area contributed by atoms with E-state index in [4.69, 9.17) is 16.3 Å². The second-order valence-corrected chi connectivity index (χ2v) is 6.84. The van der Waals surface area contributed by atoms with Crippen molar-refractivity contribution in [3.63, 3.8) is 0 Å². The Morgan fingerprint density at radius 2 is 2.08 bits per heavy atom. The van der Waals surface area contributed by atoms with Crippen LogP contribution in [0.25, 0.3) is 0 Å². The van der Waals surface area contributed by atoms with E-state index in [0.29, 0.717) is 5.92 Å². The Morgan fingerprint density at radius 1 is 1.33 bits per heavy atom. The molecule has 0 radical (unpaired) electrons. The molecule has 0 amide bonds. The summed E-state index contributed by atoms with van der Waals surface area (Å²) in [5.74, 6) is 1.50. The Kier molecular flexibility index (Phi) is 5.31. The summed E-state index contributed by atoms with van der Waals surface area (Å²) in [6.45, 7) is 6.00. The van der Waals surface area contributed by atoms with Crippen LogP contribution in [0.2, 0.25) is 5.02 Å². The summed E-state index contributed by atoms with van der Waals surface area (Å²) in [5.41, 5.74) is 3.43. The van der Waals surface area contributed by atoms with Crippen LogP contribution < -0.4 is 15.0 Å². The molecule has 5 nitrogen and oxygen atoms in total. The van der Waals surface area contributed by atoms with E-state index in [1.54, 1.807) is 11.8 Å². The molecule has 0 aliphatic carbocycles. The van der Waals surface area contributed by atoms with Gasteiger partial charge in [-0.25, -0.2) is 4.68 Å². The first kappa shape index (κ1) is 17.1. The molecule has 0 bridgehead atoms. The minimum absolute atomic E-state index is 0.656. The lowest BCUT2D eigenvalue weighted by Gasteiger charge is -2.19. The Morgan fingerprint density at radius 3 is 2.79 bits per heavy atom. The van der Waals surface area contributed by atoms with Gasteiger partial charge in [0.25, 0.3) is 0 Å². The molecule has 1 aromatic carbocycles. The van der Waals surface area contributed by atoms with Gasteiger partial charge in [0.1, 0.15) is 0 Å². The number of rotatable bonds is 6. The Labute approximate surface area is 148 Å². The number of hydrogen-bond donors (Lipinski definition) is 1. The zero-order chi connectivity index (χ0) is 17.1. The zero-order valence-corrected chi connectivity index (χ0v) is 15.3. The molecule has 1 fully saturated rings. The number of methoxy groups -OCH3 is 1. The van der Waals surface area contributed by atoms with Crippen molar-refractivity contribution in [1.29, 1.82) is 0 Å². The van der Waals surface area contributed by atoms with Gasteiger partial charge in [-0.05, 0) is 43.5 Å². The number of benzene rings is 1. The Bertz CT molecular complexity index is 683. The molecule has 0 saturated carbocycles. The van der Waals surface area contributed by atoms with Gasteiger partial charge in [0.2, 0.25) is 5.88 Å². The lowest BCUT2D eigenvalue weighted by atomic mass is 10.1. The largest absolute Gasteiger partial charge is 0.481 e. The van der Waals surface area contributed by atoms with Crippen LogP contribution in [0.15, 0.2) is 24.3 Å². The van der Waals surface area contributed by atoms with E-state index in [-0.39, 0.29) is 0 Å². The standard InChI is InChI=1S/C18H25ClN4O/c1-13-17(18(24-3)22(2)21-13)11-20-10-14-8-9-23(12-14)16-6-4-15(19)5-7-16/h4-7,14,20H,8-12H2,1-3H3. The fourth-order valence-corrected chi connectivity index (χ4v) is 3.55. The van der Waals surface area contributed by atoms with Gasteiger partial charge >= 0.3 is 0 Å². The van der Waals surface area contributed by atoms with Gasteiger partial charge in [0, 0.05) is 43.9 Å². The third-order valence-electron chi connectivity index (χ3n) is 4.69. The zero-order valence-electron chi connectivity index (χ0n) is 14.6. The highest BCUT2D eigenvalue weighted by molar-refractivity contribution is 6.30. The Balaban J connectivity index is 1.51. The molecule has 1 aliphatic heterocycles. The molecule has 6 heteroatoms. The SMILES string of the molecule is COc1c(CNCC2CCN(c3ccc(Cl)cc3)C2)c(C)nn1C. The summed E-state index contributed by atoms with van der Waals surface area (Å²) in [5, 5.41) is 8.79. The fourth-order valence-electron chi connectivity index (χ4n) is 3.43. The van der Waals surface area contributed by atoms with Crippen LogP contribution in [0, 0.1) is 12.8 Å². The number of halogens is 1. The maximum absolute atomic E-state index is 5.97. The molecule has 2 aromatic rings. The summed E-state index contributed by atoms with van der Waals surface area (Å²) >= 11 is 5.97. The summed E-state index contributed by atoms with van der Waals surface area (Å²) in [6.07, 6.45) is 1.21. The van der Waals surface area contributed by atoms with E-state index in [9.17, 15) is 0 Å². The maximum Gasteiger partial charge on any atom is 0.216 e. The van der Waals surface area contributed by atoms with Crippen molar-refractivity contribution in [1.82, 2.24) is 15.1 Å². The molecular formula is C18H25ClN4O. The fraction of sp³-hybridized carbons (Fsp3) is 0.500.